The van der Waals surface area contributed by atoms with Crippen molar-refractivity contribution >= 4 is 40.7 Å². The molecular formula is C14H12Cl3N3O2. The lowest BCUT2D eigenvalue weighted by atomic mass is 10.1. The van der Waals surface area contributed by atoms with E-state index in [4.69, 9.17) is 34.8 Å². The van der Waals surface area contributed by atoms with Crippen molar-refractivity contribution in [3.63, 3.8) is 0 Å². The first kappa shape index (κ1) is 16.8. The Morgan fingerprint density at radius 3 is 2.77 bits per heavy atom. The van der Waals surface area contributed by atoms with Crippen LogP contribution in [0, 0.1) is 0 Å². The minimum absolute atomic E-state index is 0.0595. The number of rotatable bonds is 5. The summed E-state index contributed by atoms with van der Waals surface area (Å²) in [7, 11) is 0. The second kappa shape index (κ2) is 7.63. The molecule has 0 spiro atoms. The topological polar surface area (TPSA) is 64.0 Å². The molecule has 0 aliphatic heterocycles. The fraction of sp³-hybridized carbons (Fsp3) is 0.214. The summed E-state index contributed by atoms with van der Waals surface area (Å²) in [6.45, 7) is 0.209. The number of carbonyl (C=O) groups excluding carboxylic acids is 1. The number of carbonyl (C=O) groups is 1. The highest BCUT2D eigenvalue weighted by molar-refractivity contribution is 6.41. The first-order chi connectivity index (χ1) is 10.5. The Hall–Kier alpha value is -1.56. The van der Waals surface area contributed by atoms with Crippen LogP contribution in [-0.2, 0) is 17.8 Å². The van der Waals surface area contributed by atoms with Crippen molar-refractivity contribution in [2.24, 2.45) is 0 Å². The van der Waals surface area contributed by atoms with E-state index in [0.29, 0.717) is 18.0 Å². The highest BCUT2D eigenvalue weighted by Gasteiger charge is 2.10. The van der Waals surface area contributed by atoms with Gasteiger partial charge >= 0.3 is 0 Å². The van der Waals surface area contributed by atoms with Crippen LogP contribution in [0.3, 0.4) is 0 Å². The zero-order valence-corrected chi connectivity index (χ0v) is 13.6. The summed E-state index contributed by atoms with van der Waals surface area (Å²) in [4.78, 5) is 23.6. The molecule has 0 unspecified atom stereocenters. The minimum atomic E-state index is -0.598. The van der Waals surface area contributed by atoms with Gasteiger partial charge in [-0.05, 0) is 24.1 Å². The number of nitrogens with zero attached hydrogens (tertiary/aromatic N) is 2. The van der Waals surface area contributed by atoms with Crippen LogP contribution in [0.5, 0.6) is 0 Å². The Kier molecular flexibility index (Phi) is 5.83. The second-order valence-corrected chi connectivity index (χ2v) is 5.72. The SMILES string of the molecule is O=C(Cn1ncc(Cl)c(Cl)c1=O)NCCc1cccc(Cl)c1. The largest absolute Gasteiger partial charge is 0.354 e. The van der Waals surface area contributed by atoms with E-state index in [0.717, 1.165) is 10.2 Å². The van der Waals surface area contributed by atoms with Crippen molar-refractivity contribution in [2.45, 2.75) is 13.0 Å². The average Bonchev–Trinajstić information content (AvgIpc) is 2.48. The third kappa shape index (κ3) is 4.47. The fourth-order valence-corrected chi connectivity index (χ4v) is 2.27. The number of halogens is 3. The van der Waals surface area contributed by atoms with Gasteiger partial charge in [0.1, 0.15) is 11.6 Å². The molecular weight excluding hydrogens is 349 g/mol. The van der Waals surface area contributed by atoms with Crippen molar-refractivity contribution in [2.75, 3.05) is 6.54 Å². The van der Waals surface area contributed by atoms with Gasteiger partial charge in [-0.2, -0.15) is 5.10 Å². The Labute approximate surface area is 141 Å². The molecule has 0 aliphatic rings. The molecule has 0 radical (unpaired) electrons. The van der Waals surface area contributed by atoms with Gasteiger partial charge in [0, 0.05) is 11.6 Å². The summed E-state index contributed by atoms with van der Waals surface area (Å²) in [6, 6.07) is 7.38. The van der Waals surface area contributed by atoms with Crippen molar-refractivity contribution in [3.8, 4) is 0 Å². The number of aromatic nitrogens is 2. The van der Waals surface area contributed by atoms with Gasteiger partial charge in [-0.25, -0.2) is 4.68 Å². The molecule has 2 aromatic rings. The summed E-state index contributed by atoms with van der Waals surface area (Å²) in [5.41, 5.74) is 0.414. The van der Waals surface area contributed by atoms with Gasteiger partial charge in [0.2, 0.25) is 5.91 Å². The number of hydrogen-bond donors (Lipinski definition) is 1. The van der Waals surface area contributed by atoms with Crippen LogP contribution in [-0.4, -0.2) is 22.2 Å². The van der Waals surface area contributed by atoms with Crippen LogP contribution in [0.15, 0.2) is 35.3 Å². The zero-order chi connectivity index (χ0) is 16.1. The van der Waals surface area contributed by atoms with Gasteiger partial charge in [0.15, 0.2) is 0 Å². The van der Waals surface area contributed by atoms with Crippen molar-refractivity contribution in [3.05, 3.63) is 61.4 Å². The van der Waals surface area contributed by atoms with E-state index >= 15 is 0 Å². The highest BCUT2D eigenvalue weighted by Crippen LogP contribution is 2.14. The van der Waals surface area contributed by atoms with Gasteiger partial charge in [0.05, 0.1) is 11.2 Å². The molecule has 0 atom stereocenters. The molecule has 0 fully saturated rings. The third-order valence-corrected chi connectivity index (χ3v) is 3.84. The van der Waals surface area contributed by atoms with E-state index in [1.807, 2.05) is 18.2 Å². The third-order valence-electron chi connectivity index (χ3n) is 2.86. The molecule has 0 aliphatic carbocycles. The highest BCUT2D eigenvalue weighted by atomic mass is 35.5. The lowest BCUT2D eigenvalue weighted by molar-refractivity contribution is -0.121. The van der Waals surface area contributed by atoms with Gasteiger partial charge in [-0.15, -0.1) is 0 Å². The lowest BCUT2D eigenvalue weighted by Crippen LogP contribution is -2.34. The molecule has 0 saturated carbocycles. The second-order valence-electron chi connectivity index (χ2n) is 4.50. The monoisotopic (exact) mass is 359 g/mol. The summed E-state index contributed by atoms with van der Waals surface area (Å²) in [6.07, 6.45) is 1.86. The van der Waals surface area contributed by atoms with Crippen molar-refractivity contribution in [1.82, 2.24) is 15.1 Å². The molecule has 2 rings (SSSR count). The van der Waals surface area contributed by atoms with E-state index in [2.05, 4.69) is 10.4 Å². The summed E-state index contributed by atoms with van der Waals surface area (Å²) >= 11 is 17.3. The molecule has 8 heteroatoms. The molecule has 1 heterocycles. The van der Waals surface area contributed by atoms with Crippen LogP contribution < -0.4 is 10.9 Å². The minimum Gasteiger partial charge on any atom is -0.354 e. The molecule has 116 valence electrons. The quantitative estimate of drug-likeness (QED) is 0.891. The van der Waals surface area contributed by atoms with Crippen LogP contribution >= 0.6 is 34.8 Å². The zero-order valence-electron chi connectivity index (χ0n) is 11.4. The lowest BCUT2D eigenvalue weighted by Gasteiger charge is -2.07. The van der Waals surface area contributed by atoms with Gasteiger partial charge < -0.3 is 5.32 Å². The number of hydrogen-bond acceptors (Lipinski definition) is 3. The molecule has 1 aromatic carbocycles. The normalized spacial score (nSPS) is 10.5. The van der Waals surface area contributed by atoms with Crippen molar-refractivity contribution < 1.29 is 4.79 Å². The van der Waals surface area contributed by atoms with E-state index in [1.165, 1.54) is 6.20 Å². The van der Waals surface area contributed by atoms with Gasteiger partial charge in [-0.3, -0.25) is 9.59 Å². The van der Waals surface area contributed by atoms with Crippen LogP contribution in [0.2, 0.25) is 15.1 Å². The van der Waals surface area contributed by atoms with E-state index in [9.17, 15) is 9.59 Å². The first-order valence-corrected chi connectivity index (χ1v) is 7.53. The van der Waals surface area contributed by atoms with Crippen LogP contribution in [0.1, 0.15) is 5.56 Å². The standard InChI is InChI=1S/C14H12Cl3N3O2/c15-10-3-1-2-9(6-10)4-5-18-12(21)8-20-14(22)13(17)11(16)7-19-20/h1-3,6-7H,4-5,8H2,(H,18,21). The maximum Gasteiger partial charge on any atom is 0.287 e. The predicted molar refractivity (Wildman–Crippen MR) is 86.7 cm³/mol. The van der Waals surface area contributed by atoms with Gasteiger partial charge in [-0.1, -0.05) is 46.9 Å². The molecule has 1 N–H and O–H groups in total. The number of benzene rings is 1. The fourth-order valence-electron chi connectivity index (χ4n) is 1.79. The Morgan fingerprint density at radius 2 is 2.05 bits per heavy atom. The van der Waals surface area contributed by atoms with Crippen molar-refractivity contribution in [1.29, 1.82) is 0 Å². The van der Waals surface area contributed by atoms with E-state index < -0.39 is 5.56 Å². The molecule has 0 bridgehead atoms. The maximum absolute atomic E-state index is 11.8. The molecule has 22 heavy (non-hydrogen) atoms. The Morgan fingerprint density at radius 1 is 1.27 bits per heavy atom. The Bertz CT molecular complexity index is 746. The molecule has 1 aromatic heterocycles. The van der Waals surface area contributed by atoms with Gasteiger partial charge in [0.25, 0.3) is 5.56 Å². The maximum atomic E-state index is 11.8. The average molecular weight is 361 g/mol. The molecule has 1 amide bonds. The van der Waals surface area contributed by atoms with E-state index in [-0.39, 0.29) is 22.5 Å². The van der Waals surface area contributed by atoms with Crippen LogP contribution in [0.25, 0.3) is 0 Å². The smallest absolute Gasteiger partial charge is 0.287 e. The summed E-state index contributed by atoms with van der Waals surface area (Å²) < 4.78 is 0.961. The number of amides is 1. The van der Waals surface area contributed by atoms with E-state index in [1.54, 1.807) is 6.07 Å². The predicted octanol–water partition coefficient (Wildman–Crippen LogP) is 2.56. The summed E-state index contributed by atoms with van der Waals surface area (Å²) in [5, 5.41) is 7.03. The first-order valence-electron chi connectivity index (χ1n) is 6.39. The van der Waals surface area contributed by atoms with Crippen LogP contribution in [0.4, 0.5) is 0 Å². The summed E-state index contributed by atoms with van der Waals surface area (Å²) in [5.74, 6) is -0.338. The Balaban J connectivity index is 1.89. The number of nitrogens with one attached hydrogen (secondary N) is 1. The molecule has 0 saturated heterocycles. The molecule has 5 nitrogen and oxygen atoms in total.